The van der Waals surface area contributed by atoms with Gasteiger partial charge in [0.25, 0.3) is 11.6 Å². The third-order valence-electron chi connectivity index (χ3n) is 5.25. The fraction of sp³-hybridized carbons (Fsp3) is 0.273. The first kappa shape index (κ1) is 22.3. The molecule has 1 aliphatic rings. The van der Waals surface area contributed by atoms with E-state index in [2.05, 4.69) is 15.7 Å². The molecule has 1 amide bonds. The number of aromatic nitrogens is 2. The van der Waals surface area contributed by atoms with Gasteiger partial charge in [0.15, 0.2) is 0 Å². The second-order valence-electron chi connectivity index (χ2n) is 7.66. The van der Waals surface area contributed by atoms with Crippen molar-refractivity contribution in [3.63, 3.8) is 0 Å². The Morgan fingerprint density at radius 2 is 1.88 bits per heavy atom. The molecule has 0 unspecified atom stereocenters. The number of nitrogens with zero attached hydrogens (tertiary/aromatic N) is 3. The van der Waals surface area contributed by atoms with E-state index in [1.165, 1.54) is 35.1 Å². The Morgan fingerprint density at radius 1 is 1.15 bits per heavy atom. The van der Waals surface area contributed by atoms with Gasteiger partial charge in [0, 0.05) is 36.8 Å². The zero-order valence-electron chi connectivity index (χ0n) is 17.3. The Hall–Kier alpha value is -3.89. The van der Waals surface area contributed by atoms with Gasteiger partial charge in [0.05, 0.1) is 33.6 Å². The van der Waals surface area contributed by atoms with Crippen LogP contribution in [0.4, 0.5) is 24.5 Å². The largest absolute Gasteiger partial charge is 0.416 e. The van der Waals surface area contributed by atoms with Crippen molar-refractivity contribution in [1.82, 2.24) is 15.1 Å². The smallest absolute Gasteiger partial charge is 0.383 e. The van der Waals surface area contributed by atoms with Gasteiger partial charge in [-0.25, -0.2) is 4.68 Å². The molecule has 0 atom stereocenters. The van der Waals surface area contributed by atoms with Crippen LogP contribution >= 0.6 is 0 Å². The number of benzene rings is 2. The average molecular weight is 459 g/mol. The van der Waals surface area contributed by atoms with Crippen LogP contribution < -0.4 is 10.6 Å². The lowest BCUT2D eigenvalue weighted by atomic mass is 10.1. The monoisotopic (exact) mass is 459 g/mol. The van der Waals surface area contributed by atoms with E-state index in [0.29, 0.717) is 23.5 Å². The summed E-state index contributed by atoms with van der Waals surface area (Å²) in [4.78, 5) is 23.0. The summed E-state index contributed by atoms with van der Waals surface area (Å²) in [6.45, 7) is 0.652. The van der Waals surface area contributed by atoms with Crippen LogP contribution in [0.2, 0.25) is 0 Å². The highest BCUT2D eigenvalue weighted by Gasteiger charge is 2.34. The number of anilines is 1. The number of carbonyl (C=O) groups excluding carboxylic acids is 1. The molecule has 1 saturated carbocycles. The number of non-ortho nitro benzene ring substituents is 1. The van der Waals surface area contributed by atoms with Gasteiger partial charge in [-0.2, -0.15) is 18.3 Å². The average Bonchev–Trinajstić information content (AvgIpc) is 3.53. The van der Waals surface area contributed by atoms with E-state index in [4.69, 9.17) is 0 Å². The Kier molecular flexibility index (Phi) is 6.03. The quantitative estimate of drug-likeness (QED) is 0.293. The number of hydrogen-bond donors (Lipinski definition) is 2. The van der Waals surface area contributed by atoms with Crippen LogP contribution in [-0.4, -0.2) is 33.7 Å². The third-order valence-corrected chi connectivity index (χ3v) is 5.25. The van der Waals surface area contributed by atoms with Crippen LogP contribution in [0.3, 0.4) is 0 Å². The molecule has 1 fully saturated rings. The van der Waals surface area contributed by atoms with E-state index >= 15 is 0 Å². The molecule has 0 saturated heterocycles. The number of amides is 1. The van der Waals surface area contributed by atoms with Gasteiger partial charge < -0.3 is 10.6 Å². The molecular formula is C22H20F3N5O3. The van der Waals surface area contributed by atoms with Gasteiger partial charge in [0.2, 0.25) is 0 Å². The van der Waals surface area contributed by atoms with Gasteiger partial charge in [-0.05, 0) is 43.2 Å². The summed E-state index contributed by atoms with van der Waals surface area (Å²) in [7, 11) is 0. The highest BCUT2D eigenvalue weighted by atomic mass is 19.4. The van der Waals surface area contributed by atoms with Gasteiger partial charge in [-0.3, -0.25) is 14.9 Å². The normalized spacial score (nSPS) is 13.5. The number of hydrogen-bond acceptors (Lipinski definition) is 5. The fourth-order valence-electron chi connectivity index (χ4n) is 3.48. The van der Waals surface area contributed by atoms with Crippen LogP contribution in [-0.2, 0) is 6.18 Å². The van der Waals surface area contributed by atoms with Crippen molar-refractivity contribution in [1.29, 1.82) is 0 Å². The van der Waals surface area contributed by atoms with Crippen LogP contribution in [0.25, 0.3) is 5.69 Å². The Bertz CT molecular complexity index is 1170. The molecule has 4 rings (SSSR count). The summed E-state index contributed by atoms with van der Waals surface area (Å²) >= 11 is 0. The molecule has 1 aromatic heterocycles. The van der Waals surface area contributed by atoms with Gasteiger partial charge in [0.1, 0.15) is 0 Å². The van der Waals surface area contributed by atoms with Gasteiger partial charge >= 0.3 is 6.18 Å². The maximum atomic E-state index is 13.1. The minimum Gasteiger partial charge on any atom is -0.383 e. The summed E-state index contributed by atoms with van der Waals surface area (Å²) < 4.78 is 40.7. The Morgan fingerprint density at radius 3 is 2.52 bits per heavy atom. The standard InChI is InChI=1S/C22H20F3N5O3/c23-22(24,25)15-2-1-3-18(12-15)29-20(14-4-5-14)19(13-28-29)21(31)27-11-10-26-16-6-8-17(9-7-16)30(32)33/h1-3,6-9,12-14,26H,4-5,10-11H2,(H,27,31). The van der Waals surface area contributed by atoms with Crippen molar-refractivity contribution in [2.75, 3.05) is 18.4 Å². The first-order valence-electron chi connectivity index (χ1n) is 10.3. The molecule has 3 aromatic rings. The van der Waals surface area contributed by atoms with Crippen molar-refractivity contribution in [3.05, 3.63) is 81.7 Å². The van der Waals surface area contributed by atoms with Crippen LogP contribution in [0.5, 0.6) is 0 Å². The van der Waals surface area contributed by atoms with Crippen molar-refractivity contribution in [2.45, 2.75) is 24.9 Å². The lowest BCUT2D eigenvalue weighted by Gasteiger charge is -2.12. The van der Waals surface area contributed by atoms with Gasteiger partial charge in [-0.15, -0.1) is 0 Å². The molecule has 1 aliphatic carbocycles. The van der Waals surface area contributed by atoms with Crippen molar-refractivity contribution < 1.29 is 22.9 Å². The molecule has 0 aliphatic heterocycles. The number of nitro benzene ring substituents is 1. The van der Waals surface area contributed by atoms with Gasteiger partial charge in [-0.1, -0.05) is 6.07 Å². The summed E-state index contributed by atoms with van der Waals surface area (Å²) in [6.07, 6.45) is -1.41. The third kappa shape index (κ3) is 5.13. The molecular weight excluding hydrogens is 439 g/mol. The topological polar surface area (TPSA) is 102 Å². The predicted molar refractivity (Wildman–Crippen MR) is 114 cm³/mol. The lowest BCUT2D eigenvalue weighted by molar-refractivity contribution is -0.384. The number of nitro groups is 1. The molecule has 11 heteroatoms. The number of nitrogens with one attached hydrogen (secondary N) is 2. The first-order valence-corrected chi connectivity index (χ1v) is 10.3. The summed E-state index contributed by atoms with van der Waals surface area (Å²) in [5.74, 6) is -0.290. The number of alkyl halides is 3. The molecule has 33 heavy (non-hydrogen) atoms. The Labute approximate surface area is 186 Å². The minimum atomic E-state index is -4.47. The molecule has 1 heterocycles. The number of halogens is 3. The molecule has 0 radical (unpaired) electrons. The SMILES string of the molecule is O=C(NCCNc1ccc([N+](=O)[O-])cc1)c1cnn(-c2cccc(C(F)(F)F)c2)c1C1CC1. The van der Waals surface area contributed by atoms with Crippen LogP contribution in [0.15, 0.2) is 54.7 Å². The summed E-state index contributed by atoms with van der Waals surface area (Å²) in [5, 5.41) is 20.7. The van der Waals surface area contributed by atoms with E-state index in [-0.39, 0.29) is 29.7 Å². The zero-order valence-corrected chi connectivity index (χ0v) is 17.3. The first-order chi connectivity index (χ1) is 15.7. The summed E-state index contributed by atoms with van der Waals surface area (Å²) in [6, 6.07) is 10.8. The minimum absolute atomic E-state index is 0.0146. The maximum Gasteiger partial charge on any atom is 0.416 e. The summed E-state index contributed by atoms with van der Waals surface area (Å²) in [5.41, 5.74) is 1.08. The second kappa shape index (κ2) is 8.93. The lowest BCUT2D eigenvalue weighted by Crippen LogP contribution is -2.29. The molecule has 0 spiro atoms. The maximum absolute atomic E-state index is 13.1. The number of carbonyl (C=O) groups is 1. The molecule has 172 valence electrons. The van der Waals surface area contributed by atoms with Crippen LogP contribution in [0, 0.1) is 10.1 Å². The zero-order chi connectivity index (χ0) is 23.6. The van der Waals surface area contributed by atoms with E-state index < -0.39 is 16.7 Å². The van der Waals surface area contributed by atoms with E-state index in [0.717, 1.165) is 25.0 Å². The van der Waals surface area contributed by atoms with E-state index in [1.807, 2.05) is 0 Å². The van der Waals surface area contributed by atoms with E-state index in [9.17, 15) is 28.1 Å². The molecule has 2 N–H and O–H groups in total. The van der Waals surface area contributed by atoms with Crippen molar-refractivity contribution in [2.24, 2.45) is 0 Å². The molecule has 0 bridgehead atoms. The van der Waals surface area contributed by atoms with E-state index in [1.54, 1.807) is 12.1 Å². The predicted octanol–water partition coefficient (Wildman–Crippen LogP) is 4.52. The van der Waals surface area contributed by atoms with Crippen LogP contribution in [0.1, 0.15) is 40.4 Å². The molecule has 8 nitrogen and oxygen atoms in total. The number of rotatable bonds is 8. The highest BCUT2D eigenvalue weighted by molar-refractivity contribution is 5.95. The fourth-order valence-corrected chi connectivity index (χ4v) is 3.48. The van der Waals surface area contributed by atoms with Crippen molar-refractivity contribution in [3.8, 4) is 5.69 Å². The van der Waals surface area contributed by atoms with Crippen molar-refractivity contribution >= 4 is 17.3 Å². The Balaban J connectivity index is 1.42. The molecule has 2 aromatic carbocycles. The highest BCUT2D eigenvalue weighted by Crippen LogP contribution is 2.42. The second-order valence-corrected chi connectivity index (χ2v) is 7.66.